The van der Waals surface area contributed by atoms with Crippen molar-refractivity contribution < 1.29 is 37.3 Å². The van der Waals surface area contributed by atoms with Crippen LogP contribution in [0.25, 0.3) is 0 Å². The molecular weight excluding hydrogens is 1040 g/mol. The Hall–Kier alpha value is -3.85. The fourth-order valence-corrected chi connectivity index (χ4v) is 9.53. The molecule has 0 aliphatic rings. The second-order valence-corrected chi connectivity index (χ2v) is 24.3. The van der Waals surface area contributed by atoms with Crippen molar-refractivity contribution in [3.63, 3.8) is 0 Å². The lowest BCUT2D eigenvalue weighted by Gasteiger charge is -2.30. The van der Waals surface area contributed by atoms with E-state index in [2.05, 4.69) is 148 Å². The topological polar surface area (TPSA) is 114 Å². The van der Waals surface area contributed by atoms with Gasteiger partial charge in [-0.2, -0.15) is 0 Å². The molecule has 82 heavy (non-hydrogen) atoms. The van der Waals surface area contributed by atoms with Crippen molar-refractivity contribution >= 4 is 19.7 Å². The van der Waals surface area contributed by atoms with Gasteiger partial charge in [0.15, 0.2) is 0 Å². The van der Waals surface area contributed by atoms with Gasteiger partial charge < -0.3 is 28.5 Å². The highest BCUT2D eigenvalue weighted by Gasteiger charge is 2.27. The molecule has 10 heteroatoms. The Morgan fingerprint density at radius 2 is 0.780 bits per heavy atom. The molecule has 0 aliphatic carbocycles. The minimum absolute atomic E-state index is 0.0356. The van der Waals surface area contributed by atoms with E-state index in [0.717, 1.165) is 148 Å². The summed E-state index contributed by atoms with van der Waals surface area (Å²) < 4.78 is 30.4. The number of nitrogens with zero attached hydrogens (tertiary/aromatic N) is 1. The molecule has 0 aromatic heterocycles. The van der Waals surface area contributed by atoms with Crippen LogP contribution in [0.5, 0.6) is 0 Å². The molecule has 1 N–H and O–H groups in total. The van der Waals surface area contributed by atoms with Gasteiger partial charge in [0, 0.05) is 12.8 Å². The van der Waals surface area contributed by atoms with Crippen LogP contribution in [0.2, 0.25) is 0 Å². The van der Waals surface area contributed by atoms with Gasteiger partial charge in [-0.05, 0) is 122 Å². The van der Waals surface area contributed by atoms with Crippen LogP contribution in [-0.2, 0) is 27.9 Å². The molecule has 0 saturated carbocycles. The summed E-state index contributed by atoms with van der Waals surface area (Å²) in [7, 11) is 1.15. The molecular formula is C72H123N2O7P. The van der Waals surface area contributed by atoms with Crippen molar-refractivity contribution in [2.24, 2.45) is 0 Å². The van der Waals surface area contributed by atoms with Gasteiger partial charge in [-0.25, -0.2) is 0 Å². The quantitative estimate of drug-likeness (QED) is 0.0212. The fourth-order valence-electron chi connectivity index (χ4n) is 8.81. The van der Waals surface area contributed by atoms with E-state index in [1.54, 1.807) is 0 Å². The molecule has 3 unspecified atom stereocenters. The molecule has 0 rings (SSSR count). The van der Waals surface area contributed by atoms with Gasteiger partial charge in [0.25, 0.3) is 7.82 Å². The summed E-state index contributed by atoms with van der Waals surface area (Å²) in [5.41, 5.74) is 0. The maximum Gasteiger partial charge on any atom is 0.306 e. The first-order valence-corrected chi connectivity index (χ1v) is 34.5. The molecule has 0 saturated heterocycles. The van der Waals surface area contributed by atoms with Crippen LogP contribution in [-0.4, -0.2) is 69.4 Å². The van der Waals surface area contributed by atoms with Crippen LogP contribution in [0.3, 0.4) is 0 Å². The number of nitrogens with one attached hydrogen (secondary N) is 1. The van der Waals surface area contributed by atoms with Gasteiger partial charge in [0.05, 0.1) is 33.8 Å². The van der Waals surface area contributed by atoms with Crippen molar-refractivity contribution in [2.75, 3.05) is 40.9 Å². The molecule has 0 aromatic rings. The summed E-state index contributed by atoms with van der Waals surface area (Å²) in [4.78, 5) is 40.1. The second kappa shape index (κ2) is 60.3. The average Bonchev–Trinajstić information content (AvgIpc) is 3.47. The summed E-state index contributed by atoms with van der Waals surface area (Å²) in [5.74, 6) is -0.583. The number of quaternary nitrogens is 1. The number of carbonyl (C=O) groups excluding carboxylic acids is 2. The van der Waals surface area contributed by atoms with Crippen LogP contribution in [0.4, 0.5) is 0 Å². The van der Waals surface area contributed by atoms with Crippen molar-refractivity contribution in [3.05, 3.63) is 134 Å². The summed E-state index contributed by atoms with van der Waals surface area (Å²) in [6, 6.07) is -0.913. The Kier molecular flexibility index (Phi) is 57.4. The van der Waals surface area contributed by atoms with Crippen molar-refractivity contribution in [1.29, 1.82) is 0 Å². The maximum atomic E-state index is 13.6. The number of amides is 1. The number of hydrogen-bond donors (Lipinski definition) is 1. The SMILES string of the molecule is CC/C=C\C/C=C\C/C=C\C/C=C\C/C=C\CCCCCCCCCC(=O)NC(COP(=O)([O-])OCC[N+](C)(C)C)C(/C=C/CCCCCCCCCCCC)OC(=O)CCCCCCC/C=C\C/C=C\C/C=C\C/C=C\C/C=C\CC. The molecule has 3 atom stereocenters. The van der Waals surface area contributed by atoms with Gasteiger partial charge in [-0.15, -0.1) is 0 Å². The first-order valence-electron chi connectivity index (χ1n) is 33.0. The van der Waals surface area contributed by atoms with Gasteiger partial charge in [0.2, 0.25) is 5.91 Å². The van der Waals surface area contributed by atoms with E-state index < -0.39 is 26.6 Å². The summed E-state index contributed by atoms with van der Waals surface area (Å²) in [6.45, 7) is 6.58. The van der Waals surface area contributed by atoms with Crippen LogP contribution in [0.15, 0.2) is 134 Å². The molecule has 0 spiro atoms. The van der Waals surface area contributed by atoms with E-state index >= 15 is 0 Å². The Morgan fingerprint density at radius 1 is 0.439 bits per heavy atom. The van der Waals surface area contributed by atoms with Crippen LogP contribution >= 0.6 is 7.82 Å². The van der Waals surface area contributed by atoms with Gasteiger partial charge >= 0.3 is 5.97 Å². The van der Waals surface area contributed by atoms with Crippen LogP contribution in [0, 0.1) is 0 Å². The number of hydrogen-bond acceptors (Lipinski definition) is 7. The first kappa shape index (κ1) is 78.1. The minimum atomic E-state index is -4.72. The molecule has 0 aliphatic heterocycles. The molecule has 1 amide bonds. The maximum absolute atomic E-state index is 13.6. The Morgan fingerprint density at radius 3 is 1.17 bits per heavy atom. The Labute approximate surface area is 505 Å². The third kappa shape index (κ3) is 60.7. The number of rotatable bonds is 58. The van der Waals surface area contributed by atoms with Gasteiger partial charge in [-0.3, -0.25) is 14.2 Å². The summed E-state index contributed by atoms with van der Waals surface area (Å²) in [5, 5.41) is 3.02. The highest BCUT2D eigenvalue weighted by Crippen LogP contribution is 2.38. The molecule has 9 nitrogen and oxygen atoms in total. The highest BCUT2D eigenvalue weighted by atomic mass is 31.2. The zero-order valence-corrected chi connectivity index (χ0v) is 54.3. The highest BCUT2D eigenvalue weighted by molar-refractivity contribution is 7.45. The molecule has 0 aromatic carbocycles. The summed E-state index contributed by atoms with van der Waals surface area (Å²) in [6.07, 6.45) is 85.6. The van der Waals surface area contributed by atoms with E-state index in [9.17, 15) is 19.0 Å². The number of carbonyl (C=O) groups is 2. The summed E-state index contributed by atoms with van der Waals surface area (Å²) >= 11 is 0. The number of ether oxygens (including phenoxy) is 1. The van der Waals surface area contributed by atoms with Crippen molar-refractivity contribution in [2.45, 2.75) is 270 Å². The zero-order chi connectivity index (χ0) is 60.0. The molecule has 0 heterocycles. The largest absolute Gasteiger partial charge is 0.756 e. The lowest BCUT2D eigenvalue weighted by atomic mass is 10.0. The number of phosphoric acid groups is 1. The number of esters is 1. The average molecular weight is 1160 g/mol. The lowest BCUT2D eigenvalue weighted by Crippen LogP contribution is -2.47. The lowest BCUT2D eigenvalue weighted by molar-refractivity contribution is -0.870. The third-order valence-electron chi connectivity index (χ3n) is 13.8. The standard InChI is InChI=1S/C72H123N2O7P/c1-7-10-13-16-19-22-25-28-30-32-34-36-37-39-40-42-44-46-49-52-55-58-61-64-71(75)73-69(68-80-82(77,78)79-67-66-74(4,5)6)70(63-60-57-54-51-48-27-24-21-18-15-12-9-3)81-72(76)65-62-59-56-53-50-47-45-43-41-38-35-33-31-29-26-23-20-17-14-11-8-2/h10-11,13-14,19-20,22-23,28-31,34-36,38-40,43,45,60,63,69-70H,7-9,12,15-18,21,24-27,32-33,37,41-42,44,46-59,61-62,64-68H2,1-6H3,(H-,73,75,77,78)/b13-10-,14-11-,22-19-,23-20-,30-28-,31-29-,36-34-,38-35-,40-39-,45-43-,63-60+. The van der Waals surface area contributed by atoms with E-state index in [1.165, 1.54) is 70.6 Å². The number of allylic oxidation sites excluding steroid dienone is 21. The predicted octanol–water partition coefficient (Wildman–Crippen LogP) is 20.2. The van der Waals surface area contributed by atoms with E-state index in [1.807, 2.05) is 33.3 Å². The monoisotopic (exact) mass is 1160 g/mol. The van der Waals surface area contributed by atoms with Crippen LogP contribution < -0.4 is 10.2 Å². The molecule has 0 bridgehead atoms. The van der Waals surface area contributed by atoms with E-state index in [4.69, 9.17) is 13.8 Å². The Balaban J connectivity index is 5.25. The van der Waals surface area contributed by atoms with Gasteiger partial charge in [-0.1, -0.05) is 258 Å². The predicted molar refractivity (Wildman–Crippen MR) is 353 cm³/mol. The molecule has 468 valence electrons. The normalized spacial score (nSPS) is 14.5. The number of likely N-dealkylation sites (N-methyl/N-ethyl adjacent to an activating group) is 1. The zero-order valence-electron chi connectivity index (χ0n) is 53.4. The van der Waals surface area contributed by atoms with Crippen molar-refractivity contribution in [3.8, 4) is 0 Å². The number of phosphoric ester groups is 1. The smallest absolute Gasteiger partial charge is 0.306 e. The van der Waals surface area contributed by atoms with Crippen LogP contribution in [0.1, 0.15) is 258 Å². The van der Waals surface area contributed by atoms with E-state index in [-0.39, 0.29) is 24.9 Å². The Bertz CT molecular complexity index is 1860. The minimum Gasteiger partial charge on any atom is -0.756 e. The molecule has 0 radical (unpaired) electrons. The molecule has 0 fully saturated rings. The number of unbranched alkanes of at least 4 members (excludes halogenated alkanes) is 22. The van der Waals surface area contributed by atoms with Gasteiger partial charge in [0.1, 0.15) is 19.3 Å². The first-order chi connectivity index (χ1) is 39.9. The van der Waals surface area contributed by atoms with Crippen molar-refractivity contribution in [1.82, 2.24) is 5.32 Å². The van der Waals surface area contributed by atoms with E-state index in [0.29, 0.717) is 23.9 Å². The second-order valence-electron chi connectivity index (χ2n) is 22.9. The third-order valence-corrected chi connectivity index (χ3v) is 14.8. The fraction of sp³-hybridized carbons (Fsp3) is 0.667.